The fraction of sp³-hybridized carbons (Fsp3) is 0.611. The maximum Gasteiger partial charge on any atom is 0.387 e. The molecule has 1 aromatic rings. The summed E-state index contributed by atoms with van der Waals surface area (Å²) >= 11 is 0. The highest BCUT2D eigenvalue weighted by Gasteiger charge is 2.15. The Balaban J connectivity index is 1.63. The van der Waals surface area contributed by atoms with Crippen LogP contribution >= 0.6 is 0 Å². The Bertz CT molecular complexity index is 552. The van der Waals surface area contributed by atoms with Crippen LogP contribution < -0.4 is 15.4 Å². The summed E-state index contributed by atoms with van der Waals surface area (Å²) in [5.41, 5.74) is 0.637. The Hall–Kier alpha value is -1.93. The molecule has 1 heterocycles. The van der Waals surface area contributed by atoms with Crippen LogP contribution in [0.4, 0.5) is 8.78 Å². The number of alkyl halides is 2. The molecule has 1 atom stereocenters. The number of nitrogens with zero attached hydrogens (tertiary/aromatic N) is 1. The number of guanidine groups is 1. The molecule has 146 valence electrons. The molecule has 1 aromatic carbocycles. The van der Waals surface area contributed by atoms with Crippen LogP contribution in [0.25, 0.3) is 0 Å². The van der Waals surface area contributed by atoms with Gasteiger partial charge in [0.05, 0.1) is 13.2 Å². The van der Waals surface area contributed by atoms with Crippen LogP contribution in [0.5, 0.6) is 5.75 Å². The summed E-state index contributed by atoms with van der Waals surface area (Å²) in [4.78, 5) is 4.12. The van der Waals surface area contributed by atoms with Crippen molar-refractivity contribution in [2.45, 2.75) is 26.0 Å². The number of hydrogen-bond acceptors (Lipinski definition) is 4. The summed E-state index contributed by atoms with van der Waals surface area (Å²) in [6.07, 6.45) is 1.92. The van der Waals surface area contributed by atoms with Crippen molar-refractivity contribution in [2.24, 2.45) is 10.9 Å². The average Bonchev–Trinajstić information content (AvgIpc) is 3.14. The van der Waals surface area contributed by atoms with E-state index >= 15 is 0 Å². The fourth-order valence-corrected chi connectivity index (χ4v) is 2.61. The van der Waals surface area contributed by atoms with E-state index in [2.05, 4.69) is 20.4 Å². The molecule has 0 saturated carbocycles. The van der Waals surface area contributed by atoms with E-state index in [0.29, 0.717) is 37.1 Å². The molecular weight excluding hydrogens is 344 g/mol. The predicted octanol–water partition coefficient (Wildman–Crippen LogP) is 2.40. The first kappa shape index (κ1) is 20.4. The molecule has 1 saturated heterocycles. The minimum atomic E-state index is -2.84. The van der Waals surface area contributed by atoms with Gasteiger partial charge in [-0.15, -0.1) is 0 Å². The van der Waals surface area contributed by atoms with Crippen LogP contribution in [0.1, 0.15) is 18.4 Å². The van der Waals surface area contributed by atoms with Gasteiger partial charge < -0.3 is 24.8 Å². The van der Waals surface area contributed by atoms with Crippen LogP contribution in [-0.4, -0.2) is 52.6 Å². The maximum atomic E-state index is 12.4. The molecule has 1 aliphatic rings. The van der Waals surface area contributed by atoms with E-state index in [0.717, 1.165) is 32.7 Å². The van der Waals surface area contributed by atoms with Crippen LogP contribution in [-0.2, 0) is 16.0 Å². The second-order valence-electron chi connectivity index (χ2n) is 6.00. The van der Waals surface area contributed by atoms with Gasteiger partial charge >= 0.3 is 6.61 Å². The van der Waals surface area contributed by atoms with E-state index in [1.165, 1.54) is 6.07 Å². The van der Waals surface area contributed by atoms with E-state index in [-0.39, 0.29) is 5.75 Å². The number of para-hydroxylation sites is 1. The van der Waals surface area contributed by atoms with E-state index in [4.69, 9.17) is 9.47 Å². The number of hydrogen-bond donors (Lipinski definition) is 2. The summed E-state index contributed by atoms with van der Waals surface area (Å²) < 4.78 is 40.3. The van der Waals surface area contributed by atoms with Crippen molar-refractivity contribution in [2.75, 3.05) is 40.0 Å². The smallest absolute Gasteiger partial charge is 0.387 e. The van der Waals surface area contributed by atoms with Crippen LogP contribution in [0.15, 0.2) is 29.3 Å². The van der Waals surface area contributed by atoms with Crippen molar-refractivity contribution < 1.29 is 23.0 Å². The fourth-order valence-electron chi connectivity index (χ4n) is 2.61. The third kappa shape index (κ3) is 7.53. The Morgan fingerprint density at radius 2 is 2.19 bits per heavy atom. The third-order valence-corrected chi connectivity index (χ3v) is 3.99. The van der Waals surface area contributed by atoms with Gasteiger partial charge in [-0.1, -0.05) is 18.2 Å². The van der Waals surface area contributed by atoms with Gasteiger partial charge in [0.25, 0.3) is 0 Å². The largest absolute Gasteiger partial charge is 0.434 e. The van der Waals surface area contributed by atoms with E-state index in [9.17, 15) is 8.78 Å². The minimum absolute atomic E-state index is 0.162. The molecule has 1 unspecified atom stereocenters. The van der Waals surface area contributed by atoms with Gasteiger partial charge in [-0.25, -0.2) is 0 Å². The lowest BCUT2D eigenvalue weighted by atomic mass is 10.1. The lowest BCUT2D eigenvalue weighted by molar-refractivity contribution is -0.0504. The van der Waals surface area contributed by atoms with Gasteiger partial charge in [0, 0.05) is 44.8 Å². The van der Waals surface area contributed by atoms with Crippen LogP contribution in [0.2, 0.25) is 0 Å². The quantitative estimate of drug-likeness (QED) is 0.376. The molecule has 1 aliphatic heterocycles. The molecule has 2 N–H and O–H groups in total. The Morgan fingerprint density at radius 1 is 1.35 bits per heavy atom. The van der Waals surface area contributed by atoms with E-state index < -0.39 is 6.61 Å². The number of ether oxygens (including phenoxy) is 3. The predicted molar refractivity (Wildman–Crippen MR) is 95.6 cm³/mol. The summed E-state index contributed by atoms with van der Waals surface area (Å²) in [6, 6.07) is 6.69. The van der Waals surface area contributed by atoms with Crippen molar-refractivity contribution in [3.05, 3.63) is 29.8 Å². The SMILES string of the molecule is CN=C(NCCCOCC1CCOC1)NCc1ccccc1OC(F)F. The topological polar surface area (TPSA) is 64.1 Å². The van der Waals surface area contributed by atoms with Gasteiger partial charge in [0.15, 0.2) is 5.96 Å². The van der Waals surface area contributed by atoms with Crippen molar-refractivity contribution >= 4 is 5.96 Å². The lowest BCUT2D eigenvalue weighted by Gasteiger charge is -2.14. The van der Waals surface area contributed by atoms with Crippen molar-refractivity contribution in [3.63, 3.8) is 0 Å². The molecular formula is C18H27F2N3O3. The first-order valence-corrected chi connectivity index (χ1v) is 8.81. The highest BCUT2D eigenvalue weighted by atomic mass is 19.3. The zero-order valence-electron chi connectivity index (χ0n) is 15.0. The molecule has 0 spiro atoms. The Morgan fingerprint density at radius 3 is 2.92 bits per heavy atom. The number of benzene rings is 1. The second kappa shape index (κ2) is 11.6. The molecule has 0 radical (unpaired) electrons. The van der Waals surface area contributed by atoms with Gasteiger partial charge in [0.1, 0.15) is 5.75 Å². The molecule has 0 aliphatic carbocycles. The molecule has 26 heavy (non-hydrogen) atoms. The molecule has 0 bridgehead atoms. The molecule has 6 nitrogen and oxygen atoms in total. The molecule has 1 fully saturated rings. The van der Waals surface area contributed by atoms with Crippen LogP contribution in [0.3, 0.4) is 0 Å². The zero-order valence-corrected chi connectivity index (χ0v) is 15.0. The first-order valence-electron chi connectivity index (χ1n) is 8.81. The number of rotatable bonds is 10. The van der Waals surface area contributed by atoms with Crippen molar-refractivity contribution in [1.82, 2.24) is 10.6 Å². The average molecular weight is 371 g/mol. The maximum absolute atomic E-state index is 12.4. The molecule has 0 amide bonds. The summed E-state index contributed by atoms with van der Waals surface area (Å²) in [7, 11) is 1.66. The highest BCUT2D eigenvalue weighted by molar-refractivity contribution is 5.79. The third-order valence-electron chi connectivity index (χ3n) is 3.99. The van der Waals surface area contributed by atoms with Gasteiger partial charge in [-0.3, -0.25) is 4.99 Å². The minimum Gasteiger partial charge on any atom is -0.434 e. The van der Waals surface area contributed by atoms with Crippen molar-refractivity contribution in [3.8, 4) is 5.75 Å². The number of nitrogens with one attached hydrogen (secondary N) is 2. The standard InChI is InChI=1S/C18H27F2N3O3/c1-21-18(22-8-4-9-24-12-14-7-10-25-13-14)23-11-15-5-2-3-6-16(15)26-17(19)20/h2-3,5-6,14,17H,4,7-13H2,1H3,(H2,21,22,23). The van der Waals surface area contributed by atoms with Gasteiger partial charge in [0.2, 0.25) is 0 Å². The Labute approximate surface area is 152 Å². The van der Waals surface area contributed by atoms with Crippen molar-refractivity contribution in [1.29, 1.82) is 0 Å². The Kier molecular flexibility index (Phi) is 9.13. The molecule has 8 heteroatoms. The first-order chi connectivity index (χ1) is 12.7. The lowest BCUT2D eigenvalue weighted by Crippen LogP contribution is -2.37. The number of halogens is 2. The van der Waals surface area contributed by atoms with E-state index in [1.807, 2.05) is 0 Å². The molecule has 2 rings (SSSR count). The summed E-state index contributed by atoms with van der Waals surface area (Å²) in [5.74, 6) is 1.28. The monoisotopic (exact) mass is 371 g/mol. The van der Waals surface area contributed by atoms with E-state index in [1.54, 1.807) is 25.2 Å². The summed E-state index contributed by atoms with van der Waals surface area (Å²) in [5, 5.41) is 6.27. The normalized spacial score (nSPS) is 17.5. The van der Waals surface area contributed by atoms with Gasteiger partial charge in [-0.05, 0) is 18.9 Å². The molecule has 0 aromatic heterocycles. The van der Waals surface area contributed by atoms with Crippen LogP contribution in [0, 0.1) is 5.92 Å². The highest BCUT2D eigenvalue weighted by Crippen LogP contribution is 2.19. The zero-order chi connectivity index (χ0) is 18.6. The number of aliphatic imine (C=N–C) groups is 1. The summed E-state index contributed by atoms with van der Waals surface area (Å²) in [6.45, 7) is 1.24. The second-order valence-corrected chi connectivity index (χ2v) is 6.00. The van der Waals surface area contributed by atoms with Gasteiger partial charge in [-0.2, -0.15) is 8.78 Å².